The van der Waals surface area contributed by atoms with Gasteiger partial charge in [-0.05, 0) is 23.8 Å². The van der Waals surface area contributed by atoms with Gasteiger partial charge < -0.3 is 0 Å². The van der Waals surface area contributed by atoms with Gasteiger partial charge >= 0.3 is 0 Å². The zero-order valence-electron chi connectivity index (χ0n) is 9.75. The molecule has 0 bridgehead atoms. The van der Waals surface area contributed by atoms with E-state index in [9.17, 15) is 4.79 Å². The molecule has 0 atom stereocenters. The van der Waals surface area contributed by atoms with Crippen molar-refractivity contribution in [3.63, 3.8) is 0 Å². The van der Waals surface area contributed by atoms with E-state index < -0.39 is 0 Å². The zero-order chi connectivity index (χ0) is 13.2. The molecule has 5 nitrogen and oxygen atoms in total. The van der Waals surface area contributed by atoms with Crippen molar-refractivity contribution in [1.82, 2.24) is 19.7 Å². The Kier molecular flexibility index (Phi) is 2.89. The summed E-state index contributed by atoms with van der Waals surface area (Å²) in [6, 6.07) is 8.77. The van der Waals surface area contributed by atoms with E-state index in [1.165, 1.54) is 4.68 Å². The van der Waals surface area contributed by atoms with E-state index in [1.54, 1.807) is 48.9 Å². The second kappa shape index (κ2) is 4.70. The van der Waals surface area contributed by atoms with E-state index in [0.717, 1.165) is 5.56 Å². The van der Waals surface area contributed by atoms with Gasteiger partial charge in [0.1, 0.15) is 0 Å². The van der Waals surface area contributed by atoms with Crippen molar-refractivity contribution in [2.75, 3.05) is 0 Å². The summed E-state index contributed by atoms with van der Waals surface area (Å²) < 4.78 is 1.30. The maximum atomic E-state index is 12.3. The Morgan fingerprint density at radius 2 is 1.79 bits per heavy atom. The SMILES string of the molecule is O=c1c(-c2ccc(Cl)cc2)c[nH]n1-c1ncccn1. The van der Waals surface area contributed by atoms with Gasteiger partial charge in [0.15, 0.2) is 0 Å². The second-order valence-corrected chi connectivity index (χ2v) is 4.32. The van der Waals surface area contributed by atoms with Crippen LogP contribution in [0.2, 0.25) is 5.02 Å². The van der Waals surface area contributed by atoms with Gasteiger partial charge in [0, 0.05) is 23.6 Å². The largest absolute Gasteiger partial charge is 0.295 e. The molecule has 0 aliphatic carbocycles. The third-order valence-corrected chi connectivity index (χ3v) is 2.93. The van der Waals surface area contributed by atoms with E-state index in [2.05, 4.69) is 15.1 Å². The predicted octanol–water partition coefficient (Wildman–Crippen LogP) is 2.28. The molecule has 2 aromatic heterocycles. The number of aromatic nitrogens is 4. The lowest BCUT2D eigenvalue weighted by Crippen LogP contribution is -2.17. The highest BCUT2D eigenvalue weighted by atomic mass is 35.5. The molecule has 19 heavy (non-hydrogen) atoms. The van der Waals surface area contributed by atoms with Crippen LogP contribution in [0, 0.1) is 0 Å². The monoisotopic (exact) mass is 272 g/mol. The van der Waals surface area contributed by atoms with Gasteiger partial charge in [0.05, 0.1) is 5.56 Å². The molecule has 6 heteroatoms. The average Bonchev–Trinajstić information content (AvgIpc) is 2.83. The van der Waals surface area contributed by atoms with Crippen LogP contribution in [0.5, 0.6) is 0 Å². The summed E-state index contributed by atoms with van der Waals surface area (Å²) in [5.41, 5.74) is 1.14. The lowest BCUT2D eigenvalue weighted by Gasteiger charge is -1.97. The Hall–Kier alpha value is -2.40. The second-order valence-electron chi connectivity index (χ2n) is 3.88. The molecule has 0 aliphatic heterocycles. The summed E-state index contributed by atoms with van der Waals surface area (Å²) in [4.78, 5) is 20.3. The number of benzene rings is 1. The minimum atomic E-state index is -0.200. The van der Waals surface area contributed by atoms with Crippen LogP contribution in [0.1, 0.15) is 0 Å². The molecule has 0 saturated heterocycles. The van der Waals surface area contributed by atoms with Crippen LogP contribution in [0.15, 0.2) is 53.7 Å². The number of aromatic amines is 1. The highest BCUT2D eigenvalue weighted by Crippen LogP contribution is 2.18. The van der Waals surface area contributed by atoms with Crippen LogP contribution in [0.25, 0.3) is 17.1 Å². The fourth-order valence-electron chi connectivity index (χ4n) is 1.76. The summed E-state index contributed by atoms with van der Waals surface area (Å²) in [7, 11) is 0. The van der Waals surface area contributed by atoms with Crippen LogP contribution in [0.3, 0.4) is 0 Å². The quantitative estimate of drug-likeness (QED) is 0.778. The molecule has 94 valence electrons. The first-order valence-corrected chi connectivity index (χ1v) is 5.97. The highest BCUT2D eigenvalue weighted by molar-refractivity contribution is 6.30. The third kappa shape index (κ3) is 2.15. The van der Waals surface area contributed by atoms with Gasteiger partial charge in [0.2, 0.25) is 0 Å². The summed E-state index contributed by atoms with van der Waals surface area (Å²) in [5.74, 6) is 0.313. The Morgan fingerprint density at radius 1 is 1.11 bits per heavy atom. The molecule has 0 amide bonds. The Morgan fingerprint density at radius 3 is 2.47 bits per heavy atom. The fraction of sp³-hybridized carbons (Fsp3) is 0. The normalized spacial score (nSPS) is 10.6. The summed E-state index contributed by atoms with van der Waals surface area (Å²) in [5, 5.41) is 3.48. The summed E-state index contributed by atoms with van der Waals surface area (Å²) in [6.45, 7) is 0. The number of rotatable bonds is 2. The third-order valence-electron chi connectivity index (χ3n) is 2.68. The van der Waals surface area contributed by atoms with Crippen molar-refractivity contribution in [2.45, 2.75) is 0 Å². The number of hydrogen-bond donors (Lipinski definition) is 1. The minimum absolute atomic E-state index is 0.200. The maximum absolute atomic E-state index is 12.3. The van der Waals surface area contributed by atoms with Gasteiger partial charge in [-0.1, -0.05) is 23.7 Å². The Balaban J connectivity index is 2.09. The summed E-state index contributed by atoms with van der Waals surface area (Å²) in [6.07, 6.45) is 4.79. The Bertz CT molecular complexity index is 746. The zero-order valence-corrected chi connectivity index (χ0v) is 10.5. The van der Waals surface area contributed by atoms with Crippen LogP contribution >= 0.6 is 11.6 Å². The van der Waals surface area contributed by atoms with E-state index >= 15 is 0 Å². The molecule has 0 aliphatic rings. The fourth-order valence-corrected chi connectivity index (χ4v) is 1.89. The van der Waals surface area contributed by atoms with E-state index in [0.29, 0.717) is 16.5 Å². The molecule has 2 heterocycles. The van der Waals surface area contributed by atoms with Crippen molar-refractivity contribution < 1.29 is 0 Å². The van der Waals surface area contributed by atoms with Crippen molar-refractivity contribution in [3.8, 4) is 17.1 Å². The molecule has 0 unspecified atom stereocenters. The van der Waals surface area contributed by atoms with Crippen molar-refractivity contribution in [1.29, 1.82) is 0 Å². The predicted molar refractivity (Wildman–Crippen MR) is 72.4 cm³/mol. The van der Waals surface area contributed by atoms with Crippen molar-refractivity contribution >= 4 is 11.6 Å². The topological polar surface area (TPSA) is 63.6 Å². The lowest BCUT2D eigenvalue weighted by atomic mass is 10.1. The molecule has 0 spiro atoms. The number of nitrogens with zero attached hydrogens (tertiary/aromatic N) is 3. The lowest BCUT2D eigenvalue weighted by molar-refractivity contribution is 0.783. The number of H-pyrrole nitrogens is 1. The first-order valence-electron chi connectivity index (χ1n) is 5.59. The van der Waals surface area contributed by atoms with E-state index in [-0.39, 0.29) is 5.56 Å². The van der Waals surface area contributed by atoms with Crippen LogP contribution in [-0.4, -0.2) is 19.7 Å². The van der Waals surface area contributed by atoms with Gasteiger partial charge in [-0.2, -0.15) is 4.68 Å². The van der Waals surface area contributed by atoms with E-state index in [4.69, 9.17) is 11.6 Å². The van der Waals surface area contributed by atoms with Crippen LogP contribution in [0.4, 0.5) is 0 Å². The van der Waals surface area contributed by atoms with Crippen LogP contribution in [-0.2, 0) is 0 Å². The average molecular weight is 273 g/mol. The molecule has 3 aromatic rings. The van der Waals surface area contributed by atoms with E-state index in [1.807, 2.05) is 0 Å². The number of hydrogen-bond acceptors (Lipinski definition) is 3. The molecule has 3 rings (SSSR count). The van der Waals surface area contributed by atoms with Gasteiger partial charge in [-0.3, -0.25) is 9.89 Å². The molecule has 0 fully saturated rings. The molecule has 1 N–H and O–H groups in total. The molecule has 1 aromatic carbocycles. The van der Waals surface area contributed by atoms with Gasteiger partial charge in [0.25, 0.3) is 11.5 Å². The maximum Gasteiger partial charge on any atom is 0.281 e. The van der Waals surface area contributed by atoms with Gasteiger partial charge in [-0.25, -0.2) is 9.97 Å². The molecule has 0 radical (unpaired) electrons. The molecular formula is C13H9ClN4O. The van der Waals surface area contributed by atoms with Crippen LogP contribution < -0.4 is 5.56 Å². The minimum Gasteiger partial charge on any atom is -0.295 e. The first kappa shape index (κ1) is 11.7. The number of nitrogens with one attached hydrogen (secondary N) is 1. The number of halogens is 1. The van der Waals surface area contributed by atoms with Crippen molar-refractivity contribution in [3.05, 3.63) is 64.3 Å². The summed E-state index contributed by atoms with van der Waals surface area (Å²) >= 11 is 5.83. The standard InChI is InChI=1S/C13H9ClN4O/c14-10-4-2-9(3-5-10)11-8-17-18(12(11)19)13-15-6-1-7-16-13/h1-8,17H. The molecular weight excluding hydrogens is 264 g/mol. The molecule has 0 saturated carbocycles. The van der Waals surface area contributed by atoms with Gasteiger partial charge in [-0.15, -0.1) is 0 Å². The van der Waals surface area contributed by atoms with Crippen molar-refractivity contribution in [2.24, 2.45) is 0 Å². The highest BCUT2D eigenvalue weighted by Gasteiger charge is 2.10. The Labute approximate surface area is 113 Å². The smallest absolute Gasteiger partial charge is 0.281 e. The first-order chi connectivity index (χ1) is 9.25.